The van der Waals surface area contributed by atoms with Crippen LogP contribution in [-0.4, -0.2) is 24.7 Å². The zero-order chi connectivity index (χ0) is 9.03. The average Bonchev–Trinajstić information content (AvgIpc) is 2.17. The van der Waals surface area contributed by atoms with Crippen LogP contribution in [0.15, 0.2) is 0 Å². The molecule has 0 aromatic rings. The maximum Gasteiger partial charge on any atom is 0.228 e. The van der Waals surface area contributed by atoms with Gasteiger partial charge in [-0.25, -0.2) is 0 Å². The molecular weight excluding hydrogens is 154 g/mol. The maximum absolute atomic E-state index is 11.4. The first kappa shape index (κ1) is 9.52. The standard InChI is InChI=1S/C9H17NO2/c1-10-8(12)9(7-11)5-3-2-4-6-9/h11H,2-7H2,1H3,(H,10,12). The van der Waals surface area contributed by atoms with Crippen molar-refractivity contribution in [2.24, 2.45) is 5.41 Å². The van der Waals surface area contributed by atoms with Crippen LogP contribution in [0.1, 0.15) is 32.1 Å². The van der Waals surface area contributed by atoms with Gasteiger partial charge in [-0.2, -0.15) is 0 Å². The van der Waals surface area contributed by atoms with Crippen LogP contribution in [-0.2, 0) is 4.79 Å². The predicted octanol–water partition coefficient (Wildman–Crippen LogP) is 0.675. The van der Waals surface area contributed by atoms with Crippen LogP contribution < -0.4 is 5.32 Å². The first-order valence-electron chi connectivity index (χ1n) is 4.58. The molecule has 0 atom stereocenters. The van der Waals surface area contributed by atoms with Gasteiger partial charge in [0.2, 0.25) is 5.91 Å². The largest absolute Gasteiger partial charge is 0.395 e. The Kier molecular flexibility index (Phi) is 3.09. The zero-order valence-electron chi connectivity index (χ0n) is 7.60. The topological polar surface area (TPSA) is 49.3 Å². The molecule has 0 saturated heterocycles. The van der Waals surface area contributed by atoms with E-state index in [0.29, 0.717) is 0 Å². The second kappa shape index (κ2) is 3.90. The molecule has 12 heavy (non-hydrogen) atoms. The fraction of sp³-hybridized carbons (Fsp3) is 0.889. The summed E-state index contributed by atoms with van der Waals surface area (Å²) in [5.74, 6) is 0.00435. The van der Waals surface area contributed by atoms with Gasteiger partial charge in [0.15, 0.2) is 0 Å². The molecule has 1 aliphatic carbocycles. The van der Waals surface area contributed by atoms with E-state index in [1.165, 1.54) is 6.42 Å². The highest BCUT2D eigenvalue weighted by atomic mass is 16.3. The molecule has 1 saturated carbocycles. The van der Waals surface area contributed by atoms with Crippen molar-refractivity contribution in [1.82, 2.24) is 5.32 Å². The fourth-order valence-corrected chi connectivity index (χ4v) is 1.95. The smallest absolute Gasteiger partial charge is 0.228 e. The van der Waals surface area contributed by atoms with E-state index in [-0.39, 0.29) is 12.5 Å². The molecule has 1 rings (SSSR count). The molecular formula is C9H17NO2. The maximum atomic E-state index is 11.4. The van der Waals surface area contributed by atoms with Gasteiger partial charge in [-0.1, -0.05) is 19.3 Å². The fourth-order valence-electron chi connectivity index (χ4n) is 1.95. The molecule has 3 heteroatoms. The number of carbonyl (C=O) groups excluding carboxylic acids is 1. The molecule has 0 heterocycles. The van der Waals surface area contributed by atoms with Crippen molar-refractivity contribution >= 4 is 5.91 Å². The summed E-state index contributed by atoms with van der Waals surface area (Å²) in [4.78, 5) is 11.4. The van der Waals surface area contributed by atoms with Gasteiger partial charge in [-0.05, 0) is 12.8 Å². The summed E-state index contributed by atoms with van der Waals surface area (Å²) in [5.41, 5.74) is -0.465. The first-order valence-corrected chi connectivity index (χ1v) is 4.58. The van der Waals surface area contributed by atoms with Crippen molar-refractivity contribution in [1.29, 1.82) is 0 Å². The van der Waals surface area contributed by atoms with Crippen LogP contribution in [0, 0.1) is 5.41 Å². The highest BCUT2D eigenvalue weighted by Crippen LogP contribution is 2.35. The Labute approximate surface area is 73.2 Å². The van der Waals surface area contributed by atoms with Crippen LogP contribution in [0.2, 0.25) is 0 Å². The van der Waals surface area contributed by atoms with Crippen molar-refractivity contribution in [3.8, 4) is 0 Å². The first-order chi connectivity index (χ1) is 5.75. The number of aliphatic hydroxyl groups is 1. The molecule has 3 nitrogen and oxygen atoms in total. The Hall–Kier alpha value is -0.570. The summed E-state index contributed by atoms with van der Waals surface area (Å²) in [6.07, 6.45) is 4.99. The van der Waals surface area contributed by atoms with E-state index in [0.717, 1.165) is 25.7 Å². The summed E-state index contributed by atoms with van der Waals surface area (Å²) in [6, 6.07) is 0. The summed E-state index contributed by atoms with van der Waals surface area (Å²) >= 11 is 0. The van der Waals surface area contributed by atoms with E-state index in [1.807, 2.05) is 0 Å². The molecule has 70 valence electrons. The average molecular weight is 171 g/mol. The highest BCUT2D eigenvalue weighted by molar-refractivity contribution is 5.82. The Morgan fingerprint density at radius 3 is 2.42 bits per heavy atom. The minimum Gasteiger partial charge on any atom is -0.395 e. The lowest BCUT2D eigenvalue weighted by molar-refractivity contribution is -0.135. The Morgan fingerprint density at radius 2 is 2.00 bits per heavy atom. The molecule has 0 aliphatic heterocycles. The lowest BCUT2D eigenvalue weighted by Gasteiger charge is -2.33. The summed E-state index contributed by atoms with van der Waals surface area (Å²) in [6.45, 7) is -0.00727. The minimum absolute atomic E-state index is 0.00435. The van der Waals surface area contributed by atoms with Crippen molar-refractivity contribution in [2.75, 3.05) is 13.7 Å². The second-order valence-corrected chi connectivity index (χ2v) is 3.58. The van der Waals surface area contributed by atoms with Crippen molar-refractivity contribution in [3.63, 3.8) is 0 Å². The number of amides is 1. The van der Waals surface area contributed by atoms with Crippen molar-refractivity contribution in [2.45, 2.75) is 32.1 Å². The van der Waals surface area contributed by atoms with Gasteiger partial charge in [0.25, 0.3) is 0 Å². The van der Waals surface area contributed by atoms with Crippen LogP contribution in [0.5, 0.6) is 0 Å². The Balaban J connectivity index is 2.66. The molecule has 0 aromatic heterocycles. The number of nitrogens with one attached hydrogen (secondary N) is 1. The van der Waals surface area contributed by atoms with Crippen LogP contribution in [0.25, 0.3) is 0 Å². The van der Waals surface area contributed by atoms with E-state index in [2.05, 4.69) is 5.32 Å². The van der Waals surface area contributed by atoms with E-state index in [4.69, 9.17) is 0 Å². The third-order valence-electron chi connectivity index (χ3n) is 2.82. The van der Waals surface area contributed by atoms with Crippen LogP contribution >= 0.6 is 0 Å². The van der Waals surface area contributed by atoms with E-state index in [9.17, 15) is 9.90 Å². The number of aliphatic hydroxyl groups excluding tert-OH is 1. The Morgan fingerprint density at radius 1 is 1.42 bits per heavy atom. The van der Waals surface area contributed by atoms with Gasteiger partial charge in [-0.15, -0.1) is 0 Å². The number of hydrogen-bond acceptors (Lipinski definition) is 2. The third kappa shape index (κ3) is 1.61. The van der Waals surface area contributed by atoms with E-state index < -0.39 is 5.41 Å². The minimum atomic E-state index is -0.465. The summed E-state index contributed by atoms with van der Waals surface area (Å²) < 4.78 is 0. The van der Waals surface area contributed by atoms with Crippen LogP contribution in [0.4, 0.5) is 0 Å². The SMILES string of the molecule is CNC(=O)C1(CO)CCCCC1. The second-order valence-electron chi connectivity index (χ2n) is 3.58. The molecule has 1 aliphatic rings. The van der Waals surface area contributed by atoms with Crippen molar-refractivity contribution in [3.05, 3.63) is 0 Å². The van der Waals surface area contributed by atoms with Crippen molar-refractivity contribution < 1.29 is 9.90 Å². The van der Waals surface area contributed by atoms with Gasteiger partial charge in [0.1, 0.15) is 0 Å². The molecule has 2 N–H and O–H groups in total. The molecule has 0 bridgehead atoms. The molecule has 1 fully saturated rings. The molecule has 0 unspecified atom stereocenters. The number of carbonyl (C=O) groups is 1. The molecule has 0 aromatic carbocycles. The predicted molar refractivity (Wildman–Crippen MR) is 46.7 cm³/mol. The normalized spacial score (nSPS) is 21.8. The van der Waals surface area contributed by atoms with E-state index in [1.54, 1.807) is 7.05 Å². The highest BCUT2D eigenvalue weighted by Gasteiger charge is 2.37. The molecule has 0 radical (unpaired) electrons. The molecule has 0 spiro atoms. The number of hydrogen-bond donors (Lipinski definition) is 2. The third-order valence-corrected chi connectivity index (χ3v) is 2.82. The van der Waals surface area contributed by atoms with Crippen LogP contribution in [0.3, 0.4) is 0 Å². The lowest BCUT2D eigenvalue weighted by Crippen LogP contribution is -2.43. The van der Waals surface area contributed by atoms with E-state index >= 15 is 0 Å². The summed E-state index contributed by atoms with van der Waals surface area (Å²) in [7, 11) is 1.63. The quantitative estimate of drug-likeness (QED) is 0.641. The molecule has 1 amide bonds. The van der Waals surface area contributed by atoms with Gasteiger partial charge >= 0.3 is 0 Å². The lowest BCUT2D eigenvalue weighted by atomic mass is 9.74. The number of rotatable bonds is 2. The summed E-state index contributed by atoms with van der Waals surface area (Å²) in [5, 5.41) is 11.8. The van der Waals surface area contributed by atoms with Gasteiger partial charge in [0.05, 0.1) is 12.0 Å². The monoisotopic (exact) mass is 171 g/mol. The van der Waals surface area contributed by atoms with Gasteiger partial charge in [0, 0.05) is 7.05 Å². The van der Waals surface area contributed by atoms with Gasteiger partial charge in [-0.3, -0.25) is 4.79 Å². The Bertz CT molecular complexity index is 162. The zero-order valence-corrected chi connectivity index (χ0v) is 7.60. The van der Waals surface area contributed by atoms with Gasteiger partial charge < -0.3 is 10.4 Å².